The molecule has 118 valence electrons. The minimum Gasteiger partial charge on any atom is -0.384 e. The summed E-state index contributed by atoms with van der Waals surface area (Å²) in [6, 6.07) is 6.74. The minimum atomic E-state index is -3.69. The van der Waals surface area contributed by atoms with Crippen LogP contribution in [0.25, 0.3) is 0 Å². The van der Waals surface area contributed by atoms with Crippen LogP contribution in [0.3, 0.4) is 0 Å². The zero-order valence-corrected chi connectivity index (χ0v) is 13.6. The van der Waals surface area contributed by atoms with Gasteiger partial charge in [-0.25, -0.2) is 0 Å². The van der Waals surface area contributed by atoms with Crippen LogP contribution in [-0.4, -0.2) is 28.7 Å². The summed E-state index contributed by atoms with van der Waals surface area (Å²) in [7, 11) is -2.03. The quantitative estimate of drug-likeness (QED) is 0.756. The third-order valence-electron chi connectivity index (χ3n) is 4.19. The van der Waals surface area contributed by atoms with Crippen LogP contribution in [0.15, 0.2) is 29.2 Å². The van der Waals surface area contributed by atoms with Gasteiger partial charge in [-0.3, -0.25) is 4.18 Å². The molecule has 2 rings (SSSR count). The first-order chi connectivity index (χ1) is 9.97. The number of hydrogen-bond donors (Lipinski definition) is 0. The second-order valence-electron chi connectivity index (χ2n) is 6.02. The van der Waals surface area contributed by atoms with Crippen molar-refractivity contribution < 1.29 is 17.3 Å². The van der Waals surface area contributed by atoms with Crippen molar-refractivity contribution in [1.29, 1.82) is 0 Å². The van der Waals surface area contributed by atoms with Crippen LogP contribution in [0.4, 0.5) is 0 Å². The van der Waals surface area contributed by atoms with E-state index in [2.05, 4.69) is 0 Å². The summed E-state index contributed by atoms with van der Waals surface area (Å²) in [6.45, 7) is 2.68. The predicted octanol–water partition coefficient (Wildman–Crippen LogP) is 3.30. The summed E-state index contributed by atoms with van der Waals surface area (Å²) in [5.74, 6) is 0. The average molecular weight is 312 g/mol. The van der Waals surface area contributed by atoms with Crippen LogP contribution in [0, 0.1) is 12.3 Å². The van der Waals surface area contributed by atoms with Gasteiger partial charge in [-0.2, -0.15) is 8.42 Å². The second-order valence-corrected chi connectivity index (χ2v) is 7.64. The molecule has 1 fully saturated rings. The van der Waals surface area contributed by atoms with Crippen molar-refractivity contribution in [2.24, 2.45) is 5.41 Å². The molecule has 4 nitrogen and oxygen atoms in total. The van der Waals surface area contributed by atoms with Gasteiger partial charge < -0.3 is 4.74 Å². The maximum absolute atomic E-state index is 12.3. The number of ether oxygens (including phenoxy) is 1. The van der Waals surface area contributed by atoms with E-state index < -0.39 is 10.1 Å². The molecule has 1 aliphatic carbocycles. The van der Waals surface area contributed by atoms with E-state index in [0.29, 0.717) is 6.61 Å². The lowest BCUT2D eigenvalue weighted by Gasteiger charge is -2.35. The first-order valence-electron chi connectivity index (χ1n) is 7.43. The smallest absolute Gasteiger partial charge is 0.296 e. The Morgan fingerprint density at radius 1 is 1.05 bits per heavy atom. The molecule has 0 amide bonds. The number of aryl methyl sites for hydroxylation is 1. The normalized spacial score (nSPS) is 18.6. The molecule has 1 saturated carbocycles. The molecule has 21 heavy (non-hydrogen) atoms. The Morgan fingerprint density at radius 3 is 2.24 bits per heavy atom. The van der Waals surface area contributed by atoms with Crippen LogP contribution in [-0.2, 0) is 19.0 Å². The maximum Gasteiger partial charge on any atom is 0.296 e. The van der Waals surface area contributed by atoms with Crippen molar-refractivity contribution >= 4 is 10.1 Å². The largest absolute Gasteiger partial charge is 0.384 e. The van der Waals surface area contributed by atoms with E-state index in [-0.39, 0.29) is 16.9 Å². The van der Waals surface area contributed by atoms with E-state index in [0.717, 1.165) is 31.2 Å². The lowest BCUT2D eigenvalue weighted by atomic mass is 9.75. The molecule has 1 aromatic carbocycles. The van der Waals surface area contributed by atoms with Gasteiger partial charge in [0.25, 0.3) is 10.1 Å². The average Bonchev–Trinajstić information content (AvgIpc) is 2.47. The Kier molecular flexibility index (Phi) is 5.41. The summed E-state index contributed by atoms with van der Waals surface area (Å²) in [5, 5.41) is 0. The molecule has 5 heteroatoms. The molecule has 0 atom stereocenters. The zero-order valence-electron chi connectivity index (χ0n) is 12.8. The highest BCUT2D eigenvalue weighted by atomic mass is 32.2. The molecular formula is C16H24O4S. The lowest BCUT2D eigenvalue weighted by Crippen LogP contribution is -2.35. The van der Waals surface area contributed by atoms with Crippen molar-refractivity contribution in [3.63, 3.8) is 0 Å². The lowest BCUT2D eigenvalue weighted by molar-refractivity contribution is 0.0129. The highest BCUT2D eigenvalue weighted by Gasteiger charge is 2.34. The van der Waals surface area contributed by atoms with E-state index in [4.69, 9.17) is 8.92 Å². The van der Waals surface area contributed by atoms with E-state index in [9.17, 15) is 8.42 Å². The van der Waals surface area contributed by atoms with E-state index in [1.165, 1.54) is 6.42 Å². The van der Waals surface area contributed by atoms with Crippen LogP contribution in [0.2, 0.25) is 0 Å². The Labute approximate surface area is 127 Å². The molecule has 0 N–H and O–H groups in total. The fraction of sp³-hybridized carbons (Fsp3) is 0.625. The van der Waals surface area contributed by atoms with Gasteiger partial charge in [-0.15, -0.1) is 0 Å². The zero-order chi connectivity index (χ0) is 15.3. The molecule has 0 aromatic heterocycles. The molecule has 0 saturated heterocycles. The molecule has 0 heterocycles. The Bertz CT molecular complexity index is 537. The first-order valence-corrected chi connectivity index (χ1v) is 8.83. The van der Waals surface area contributed by atoms with E-state index in [1.807, 2.05) is 6.92 Å². The standard InChI is InChI=1S/C16H24O4S/c1-14-6-8-15(9-7-14)21(17,18)20-13-16(12-19-2)10-4-3-5-11-16/h6-9H,3-5,10-13H2,1-2H3. The van der Waals surface area contributed by atoms with Gasteiger partial charge in [-0.05, 0) is 31.9 Å². The monoisotopic (exact) mass is 312 g/mol. The topological polar surface area (TPSA) is 52.6 Å². The molecule has 0 aliphatic heterocycles. The summed E-state index contributed by atoms with van der Waals surface area (Å²) in [4.78, 5) is 0.219. The van der Waals surface area contributed by atoms with Crippen LogP contribution >= 0.6 is 0 Å². The van der Waals surface area contributed by atoms with Gasteiger partial charge in [0.1, 0.15) is 0 Å². The van der Waals surface area contributed by atoms with Gasteiger partial charge >= 0.3 is 0 Å². The first kappa shape index (κ1) is 16.5. The fourth-order valence-electron chi connectivity index (χ4n) is 2.91. The number of methoxy groups -OCH3 is 1. The van der Waals surface area contributed by atoms with Gasteiger partial charge in [-0.1, -0.05) is 37.0 Å². The second kappa shape index (κ2) is 6.90. The third kappa shape index (κ3) is 4.28. The van der Waals surface area contributed by atoms with Crippen molar-refractivity contribution in [2.45, 2.75) is 43.9 Å². The molecular weight excluding hydrogens is 288 g/mol. The van der Waals surface area contributed by atoms with Crippen molar-refractivity contribution in [1.82, 2.24) is 0 Å². The molecule has 0 spiro atoms. The van der Waals surface area contributed by atoms with Crippen LogP contribution in [0.5, 0.6) is 0 Å². The Morgan fingerprint density at radius 2 is 1.67 bits per heavy atom. The molecule has 0 unspecified atom stereocenters. The third-order valence-corrected chi connectivity index (χ3v) is 5.47. The molecule has 1 aromatic rings. The Hall–Kier alpha value is -0.910. The van der Waals surface area contributed by atoms with E-state index >= 15 is 0 Å². The number of benzene rings is 1. The van der Waals surface area contributed by atoms with Crippen LogP contribution < -0.4 is 0 Å². The summed E-state index contributed by atoms with van der Waals surface area (Å²) in [6.07, 6.45) is 5.35. The van der Waals surface area contributed by atoms with Gasteiger partial charge in [0.05, 0.1) is 18.1 Å². The minimum absolute atomic E-state index is 0.162. The molecule has 0 radical (unpaired) electrons. The van der Waals surface area contributed by atoms with Crippen molar-refractivity contribution in [2.75, 3.05) is 20.3 Å². The van der Waals surface area contributed by atoms with Gasteiger partial charge in [0, 0.05) is 12.5 Å². The van der Waals surface area contributed by atoms with E-state index in [1.54, 1.807) is 31.4 Å². The SMILES string of the molecule is COCC1(COS(=O)(=O)c2ccc(C)cc2)CCCCC1. The highest BCUT2D eigenvalue weighted by molar-refractivity contribution is 7.86. The van der Waals surface area contributed by atoms with Crippen molar-refractivity contribution in [3.05, 3.63) is 29.8 Å². The maximum atomic E-state index is 12.3. The Balaban J connectivity index is 2.07. The van der Waals surface area contributed by atoms with Gasteiger partial charge in [0.2, 0.25) is 0 Å². The fourth-order valence-corrected chi connectivity index (χ4v) is 3.92. The number of hydrogen-bond acceptors (Lipinski definition) is 4. The summed E-state index contributed by atoms with van der Waals surface area (Å²) >= 11 is 0. The molecule has 0 bridgehead atoms. The van der Waals surface area contributed by atoms with Crippen molar-refractivity contribution in [3.8, 4) is 0 Å². The summed E-state index contributed by atoms with van der Waals surface area (Å²) in [5.41, 5.74) is 0.863. The van der Waals surface area contributed by atoms with Gasteiger partial charge in [0.15, 0.2) is 0 Å². The molecule has 1 aliphatic rings. The summed E-state index contributed by atoms with van der Waals surface area (Å²) < 4.78 is 35.2. The highest BCUT2D eigenvalue weighted by Crippen LogP contribution is 2.37. The predicted molar refractivity (Wildman–Crippen MR) is 81.7 cm³/mol. The number of rotatable bonds is 6. The van der Waals surface area contributed by atoms with Crippen LogP contribution in [0.1, 0.15) is 37.7 Å².